The third-order valence-corrected chi connectivity index (χ3v) is 5.08. The van der Waals surface area contributed by atoms with Crippen LogP contribution in [0.3, 0.4) is 0 Å². The number of fused-ring (bicyclic) bond motifs is 1. The maximum atomic E-state index is 13.8. The molecule has 1 fully saturated rings. The van der Waals surface area contributed by atoms with Crippen molar-refractivity contribution in [3.63, 3.8) is 0 Å². The molecule has 1 aliphatic heterocycles. The molecule has 0 radical (unpaired) electrons. The van der Waals surface area contributed by atoms with E-state index in [1.54, 1.807) is 17.0 Å². The Labute approximate surface area is 166 Å². The first-order valence-electron chi connectivity index (χ1n) is 9.18. The summed E-state index contributed by atoms with van der Waals surface area (Å²) in [6.07, 6.45) is 2.99. The summed E-state index contributed by atoms with van der Waals surface area (Å²) in [5, 5.41) is 5.04. The number of carbonyl (C=O) groups is 1. The third-order valence-electron chi connectivity index (χ3n) is 5.08. The fraction of sp³-hybridized carbons (Fsp3) is 0.300. The molecule has 1 aromatic carbocycles. The quantitative estimate of drug-likeness (QED) is 0.665. The Hall–Kier alpha value is -3.49. The minimum absolute atomic E-state index is 0.227. The molecular formula is C20H20FN5O3. The summed E-state index contributed by atoms with van der Waals surface area (Å²) >= 11 is 0. The SMILES string of the molecule is COc1cc(F)cc(N2CCN(C(=O)c3nn(C)c(=O)c4cnccc34)CC2)c1. The summed E-state index contributed by atoms with van der Waals surface area (Å²) in [6, 6.07) is 6.19. The second kappa shape index (κ2) is 7.50. The Morgan fingerprint density at radius 2 is 1.90 bits per heavy atom. The van der Waals surface area contributed by atoms with E-state index in [4.69, 9.17) is 4.74 Å². The van der Waals surface area contributed by atoms with Crippen LogP contribution in [0.4, 0.5) is 10.1 Å². The molecule has 29 heavy (non-hydrogen) atoms. The average molecular weight is 397 g/mol. The van der Waals surface area contributed by atoms with Crippen molar-refractivity contribution < 1.29 is 13.9 Å². The fourth-order valence-electron chi connectivity index (χ4n) is 3.52. The van der Waals surface area contributed by atoms with Crippen LogP contribution in [-0.4, -0.2) is 58.9 Å². The molecule has 0 aliphatic carbocycles. The summed E-state index contributed by atoms with van der Waals surface area (Å²) in [5.74, 6) is -0.159. The molecular weight excluding hydrogens is 377 g/mol. The summed E-state index contributed by atoms with van der Waals surface area (Å²) in [6.45, 7) is 2.00. The highest BCUT2D eigenvalue weighted by Crippen LogP contribution is 2.25. The second-order valence-electron chi connectivity index (χ2n) is 6.83. The molecule has 3 aromatic rings. The van der Waals surface area contributed by atoms with Gasteiger partial charge in [-0.25, -0.2) is 9.07 Å². The Morgan fingerprint density at radius 1 is 1.14 bits per heavy atom. The lowest BCUT2D eigenvalue weighted by molar-refractivity contribution is 0.0740. The first-order valence-corrected chi connectivity index (χ1v) is 9.18. The van der Waals surface area contributed by atoms with Crippen LogP contribution < -0.4 is 15.2 Å². The lowest BCUT2D eigenvalue weighted by Crippen LogP contribution is -2.49. The van der Waals surface area contributed by atoms with Gasteiger partial charge in [0.15, 0.2) is 5.69 Å². The molecule has 0 saturated carbocycles. The van der Waals surface area contributed by atoms with Gasteiger partial charge in [0.25, 0.3) is 11.5 Å². The average Bonchev–Trinajstić information content (AvgIpc) is 2.75. The normalized spacial score (nSPS) is 14.3. The Kier molecular flexibility index (Phi) is 4.87. The van der Waals surface area contributed by atoms with E-state index < -0.39 is 0 Å². The van der Waals surface area contributed by atoms with Crippen molar-refractivity contribution in [3.8, 4) is 5.75 Å². The summed E-state index contributed by atoms with van der Waals surface area (Å²) in [5.41, 5.74) is 0.644. The van der Waals surface area contributed by atoms with Crippen LogP contribution in [0.25, 0.3) is 10.8 Å². The summed E-state index contributed by atoms with van der Waals surface area (Å²) < 4.78 is 20.1. The molecule has 150 valence electrons. The largest absolute Gasteiger partial charge is 0.497 e. The number of nitrogens with zero attached hydrogens (tertiary/aromatic N) is 5. The molecule has 0 N–H and O–H groups in total. The van der Waals surface area contributed by atoms with Crippen molar-refractivity contribution >= 4 is 22.4 Å². The van der Waals surface area contributed by atoms with Gasteiger partial charge >= 0.3 is 0 Å². The van der Waals surface area contributed by atoms with Gasteiger partial charge in [-0.05, 0) is 12.1 Å². The second-order valence-corrected chi connectivity index (χ2v) is 6.83. The standard InChI is InChI=1S/C20H20FN5O3/c1-24-19(27)17-12-22-4-3-16(17)18(23-24)20(28)26-7-5-25(6-8-26)14-9-13(21)10-15(11-14)29-2/h3-4,9-12H,5-8H2,1-2H3. The van der Waals surface area contributed by atoms with Gasteiger partial charge in [0.2, 0.25) is 0 Å². The maximum Gasteiger partial charge on any atom is 0.275 e. The van der Waals surface area contributed by atoms with Crippen LogP contribution in [0.1, 0.15) is 10.5 Å². The van der Waals surface area contributed by atoms with Crippen molar-refractivity contribution in [1.82, 2.24) is 19.7 Å². The minimum atomic E-state index is -0.368. The number of amides is 1. The van der Waals surface area contributed by atoms with E-state index in [-0.39, 0.29) is 23.0 Å². The molecule has 1 amide bonds. The number of benzene rings is 1. The van der Waals surface area contributed by atoms with Crippen LogP contribution >= 0.6 is 0 Å². The molecule has 0 unspecified atom stereocenters. The molecule has 2 aromatic heterocycles. The van der Waals surface area contributed by atoms with Crippen molar-refractivity contribution in [2.24, 2.45) is 7.05 Å². The highest BCUT2D eigenvalue weighted by atomic mass is 19.1. The minimum Gasteiger partial charge on any atom is -0.497 e. The Balaban J connectivity index is 1.56. The molecule has 1 aliphatic rings. The highest BCUT2D eigenvalue weighted by molar-refractivity contribution is 6.04. The molecule has 9 heteroatoms. The first-order chi connectivity index (χ1) is 14.0. The van der Waals surface area contributed by atoms with E-state index in [1.165, 1.54) is 38.7 Å². The zero-order valence-corrected chi connectivity index (χ0v) is 16.1. The number of piperazine rings is 1. The van der Waals surface area contributed by atoms with Crippen LogP contribution in [0.15, 0.2) is 41.5 Å². The van der Waals surface area contributed by atoms with Crippen LogP contribution in [0.5, 0.6) is 5.75 Å². The fourth-order valence-corrected chi connectivity index (χ4v) is 3.52. The number of carbonyl (C=O) groups excluding carboxylic acids is 1. The topological polar surface area (TPSA) is 80.6 Å². The molecule has 0 spiro atoms. The van der Waals surface area contributed by atoms with Gasteiger partial charge in [0, 0.05) is 68.8 Å². The van der Waals surface area contributed by atoms with Crippen molar-refractivity contribution in [2.45, 2.75) is 0 Å². The number of aryl methyl sites for hydroxylation is 1. The smallest absolute Gasteiger partial charge is 0.275 e. The van der Waals surface area contributed by atoms with E-state index in [0.29, 0.717) is 48.4 Å². The van der Waals surface area contributed by atoms with E-state index in [0.717, 1.165) is 4.68 Å². The van der Waals surface area contributed by atoms with Gasteiger partial charge in [-0.2, -0.15) is 5.10 Å². The first kappa shape index (κ1) is 18.9. The monoisotopic (exact) mass is 397 g/mol. The van der Waals surface area contributed by atoms with E-state index in [9.17, 15) is 14.0 Å². The van der Waals surface area contributed by atoms with E-state index in [1.807, 2.05) is 4.90 Å². The van der Waals surface area contributed by atoms with Gasteiger partial charge in [0.1, 0.15) is 11.6 Å². The lowest BCUT2D eigenvalue weighted by atomic mass is 10.1. The van der Waals surface area contributed by atoms with Crippen LogP contribution in [0, 0.1) is 5.82 Å². The van der Waals surface area contributed by atoms with E-state index in [2.05, 4.69) is 10.1 Å². The number of anilines is 1. The highest BCUT2D eigenvalue weighted by Gasteiger charge is 2.26. The van der Waals surface area contributed by atoms with Gasteiger partial charge in [-0.1, -0.05) is 0 Å². The van der Waals surface area contributed by atoms with Crippen LogP contribution in [0.2, 0.25) is 0 Å². The molecule has 3 heterocycles. The van der Waals surface area contributed by atoms with Crippen LogP contribution in [-0.2, 0) is 7.05 Å². The number of rotatable bonds is 3. The van der Waals surface area contributed by atoms with Gasteiger partial charge in [0.05, 0.1) is 12.5 Å². The Morgan fingerprint density at radius 3 is 2.62 bits per heavy atom. The van der Waals surface area contributed by atoms with Crippen molar-refractivity contribution in [1.29, 1.82) is 0 Å². The molecule has 8 nitrogen and oxygen atoms in total. The molecule has 0 bridgehead atoms. The van der Waals surface area contributed by atoms with Crippen molar-refractivity contribution in [2.75, 3.05) is 38.2 Å². The molecule has 1 saturated heterocycles. The van der Waals surface area contributed by atoms with Crippen molar-refractivity contribution in [3.05, 3.63) is 58.5 Å². The maximum absolute atomic E-state index is 13.8. The Bertz CT molecular complexity index is 1140. The van der Waals surface area contributed by atoms with Gasteiger partial charge in [-0.3, -0.25) is 14.6 Å². The van der Waals surface area contributed by atoms with Gasteiger partial charge < -0.3 is 14.5 Å². The zero-order valence-electron chi connectivity index (χ0n) is 16.1. The lowest BCUT2D eigenvalue weighted by Gasteiger charge is -2.36. The number of halogens is 1. The predicted octanol–water partition coefficient (Wildman–Crippen LogP) is 1.44. The number of hydrogen-bond donors (Lipinski definition) is 0. The van der Waals surface area contributed by atoms with E-state index >= 15 is 0 Å². The predicted molar refractivity (Wildman–Crippen MR) is 106 cm³/mol. The molecule has 4 rings (SSSR count). The number of ether oxygens (including phenoxy) is 1. The number of methoxy groups -OCH3 is 1. The zero-order chi connectivity index (χ0) is 20.5. The summed E-state index contributed by atoms with van der Waals surface area (Å²) in [4.78, 5) is 33.0. The number of pyridine rings is 1. The summed E-state index contributed by atoms with van der Waals surface area (Å²) in [7, 11) is 3.01. The number of hydrogen-bond acceptors (Lipinski definition) is 6. The number of aromatic nitrogens is 3. The van der Waals surface area contributed by atoms with Gasteiger partial charge in [-0.15, -0.1) is 0 Å². The molecule has 0 atom stereocenters. The third kappa shape index (κ3) is 3.51.